The van der Waals surface area contributed by atoms with Gasteiger partial charge in [-0.25, -0.2) is 8.78 Å². The number of hydrogen-bond acceptors (Lipinski definition) is 2. The summed E-state index contributed by atoms with van der Waals surface area (Å²) in [6, 6.07) is 3.34. The molecule has 0 atom stereocenters. The van der Waals surface area contributed by atoms with Crippen molar-refractivity contribution in [2.45, 2.75) is 6.54 Å². The van der Waals surface area contributed by atoms with Gasteiger partial charge in [0.05, 0.1) is 0 Å². The minimum absolute atomic E-state index is 0.100. The summed E-state index contributed by atoms with van der Waals surface area (Å²) in [5.41, 5.74) is 2.78. The van der Waals surface area contributed by atoms with Crippen molar-refractivity contribution < 1.29 is 13.6 Å². The van der Waals surface area contributed by atoms with E-state index >= 15 is 0 Å². The average molecular weight is 197 g/mol. The van der Waals surface area contributed by atoms with E-state index < -0.39 is 11.6 Å². The van der Waals surface area contributed by atoms with Crippen LogP contribution in [0, 0.1) is 24.0 Å². The first kappa shape index (κ1) is 10.6. The first-order valence-corrected chi connectivity index (χ1v) is 3.96. The molecule has 1 N–H and O–H groups in total. The molecule has 4 heteroatoms. The highest BCUT2D eigenvalue weighted by atomic mass is 19.1. The van der Waals surface area contributed by atoms with Gasteiger partial charge in [-0.3, -0.25) is 4.84 Å². The molecule has 0 unspecified atom stereocenters. The van der Waals surface area contributed by atoms with Crippen LogP contribution in [0.15, 0.2) is 18.2 Å². The van der Waals surface area contributed by atoms with Crippen LogP contribution in [0.25, 0.3) is 0 Å². The Bertz CT molecular complexity index is 346. The maximum Gasteiger partial charge on any atom is 0.130 e. The molecule has 0 aliphatic carbocycles. The van der Waals surface area contributed by atoms with Crippen molar-refractivity contribution in [3.05, 3.63) is 35.4 Å². The highest BCUT2D eigenvalue weighted by Crippen LogP contribution is 2.08. The summed E-state index contributed by atoms with van der Waals surface area (Å²) < 4.78 is 25.5. The van der Waals surface area contributed by atoms with Gasteiger partial charge in [-0.15, -0.1) is 6.42 Å². The van der Waals surface area contributed by atoms with E-state index in [-0.39, 0.29) is 13.2 Å². The Morgan fingerprint density at radius 1 is 1.43 bits per heavy atom. The normalized spacial score (nSPS) is 9.79. The molecule has 0 aliphatic rings. The van der Waals surface area contributed by atoms with E-state index in [0.29, 0.717) is 5.56 Å². The Kier molecular flexibility index (Phi) is 4.05. The van der Waals surface area contributed by atoms with Crippen LogP contribution in [0.4, 0.5) is 8.78 Å². The smallest absolute Gasteiger partial charge is 0.130 e. The molecule has 14 heavy (non-hydrogen) atoms. The van der Waals surface area contributed by atoms with E-state index in [0.717, 1.165) is 6.07 Å². The maximum absolute atomic E-state index is 13.0. The van der Waals surface area contributed by atoms with Crippen LogP contribution in [0.3, 0.4) is 0 Å². The van der Waals surface area contributed by atoms with Crippen molar-refractivity contribution in [1.29, 1.82) is 0 Å². The molecule has 0 amide bonds. The van der Waals surface area contributed by atoms with Gasteiger partial charge >= 0.3 is 0 Å². The van der Waals surface area contributed by atoms with E-state index in [1.807, 2.05) is 0 Å². The predicted molar refractivity (Wildman–Crippen MR) is 48.0 cm³/mol. The van der Waals surface area contributed by atoms with Crippen LogP contribution in [0.1, 0.15) is 5.56 Å². The summed E-state index contributed by atoms with van der Waals surface area (Å²) in [6.07, 6.45) is 4.92. The largest absolute Gasteiger partial charge is 0.289 e. The number of terminal acetylenes is 1. The predicted octanol–water partition coefficient (Wildman–Crippen LogP) is 1.62. The van der Waals surface area contributed by atoms with Gasteiger partial charge in [0.15, 0.2) is 0 Å². The first-order chi connectivity index (χ1) is 6.74. The second kappa shape index (κ2) is 5.32. The minimum atomic E-state index is -0.609. The third kappa shape index (κ3) is 3.13. The van der Waals surface area contributed by atoms with Gasteiger partial charge < -0.3 is 0 Å². The van der Waals surface area contributed by atoms with Gasteiger partial charge in [-0.1, -0.05) is 12.0 Å². The molecule has 0 aromatic heterocycles. The fourth-order valence-corrected chi connectivity index (χ4v) is 0.887. The molecular formula is C10H9F2NO. The number of hydrogen-bond donors (Lipinski definition) is 1. The van der Waals surface area contributed by atoms with Crippen molar-refractivity contribution in [2.75, 3.05) is 6.61 Å². The molecule has 0 spiro atoms. The van der Waals surface area contributed by atoms with Crippen LogP contribution >= 0.6 is 0 Å². The highest BCUT2D eigenvalue weighted by Gasteiger charge is 2.02. The quantitative estimate of drug-likeness (QED) is 0.450. The van der Waals surface area contributed by atoms with Gasteiger partial charge in [0, 0.05) is 18.2 Å². The zero-order valence-corrected chi connectivity index (χ0v) is 7.39. The topological polar surface area (TPSA) is 21.3 Å². The third-order valence-corrected chi connectivity index (χ3v) is 1.54. The highest BCUT2D eigenvalue weighted by molar-refractivity contribution is 5.18. The standard InChI is InChI=1S/C10H9F2NO/c1-2-5-14-13-7-8-3-4-9(11)6-10(8)12/h1,3-4,6,13H,5,7H2. The van der Waals surface area contributed by atoms with E-state index in [2.05, 4.69) is 11.4 Å². The molecule has 0 fully saturated rings. The zero-order chi connectivity index (χ0) is 10.4. The van der Waals surface area contributed by atoms with Gasteiger partial charge in [-0.05, 0) is 6.07 Å². The van der Waals surface area contributed by atoms with Gasteiger partial charge in [-0.2, -0.15) is 5.48 Å². The maximum atomic E-state index is 13.0. The monoisotopic (exact) mass is 197 g/mol. The SMILES string of the molecule is C#CCONCc1ccc(F)cc1F. The number of benzene rings is 1. The summed E-state index contributed by atoms with van der Waals surface area (Å²) in [4.78, 5) is 4.73. The van der Waals surface area contributed by atoms with Crippen molar-refractivity contribution in [3.63, 3.8) is 0 Å². The Balaban J connectivity index is 2.47. The molecule has 0 heterocycles. The van der Waals surface area contributed by atoms with Gasteiger partial charge in [0.1, 0.15) is 18.2 Å². The van der Waals surface area contributed by atoms with Crippen molar-refractivity contribution in [3.8, 4) is 12.3 Å². The summed E-state index contributed by atoms with van der Waals surface area (Å²) in [6.45, 7) is 0.247. The first-order valence-electron chi connectivity index (χ1n) is 3.96. The van der Waals surface area contributed by atoms with E-state index in [4.69, 9.17) is 11.3 Å². The Hall–Kier alpha value is -1.44. The molecule has 0 bridgehead atoms. The minimum Gasteiger partial charge on any atom is -0.289 e. The van der Waals surface area contributed by atoms with Crippen LogP contribution in [-0.2, 0) is 11.4 Å². The Morgan fingerprint density at radius 2 is 2.21 bits per heavy atom. The number of nitrogens with one attached hydrogen (secondary N) is 1. The molecule has 0 saturated heterocycles. The number of halogens is 2. The van der Waals surface area contributed by atoms with Crippen molar-refractivity contribution in [1.82, 2.24) is 5.48 Å². The third-order valence-electron chi connectivity index (χ3n) is 1.54. The molecular weight excluding hydrogens is 188 g/mol. The molecule has 0 aliphatic heterocycles. The second-order valence-corrected chi connectivity index (χ2v) is 2.55. The Labute approximate surface area is 80.8 Å². The van der Waals surface area contributed by atoms with Crippen molar-refractivity contribution in [2.24, 2.45) is 0 Å². The molecule has 1 aromatic carbocycles. The lowest BCUT2D eigenvalue weighted by Crippen LogP contribution is -2.15. The molecule has 1 rings (SSSR count). The van der Waals surface area contributed by atoms with E-state index in [1.54, 1.807) is 0 Å². The molecule has 74 valence electrons. The van der Waals surface area contributed by atoms with Gasteiger partial charge in [0.25, 0.3) is 0 Å². The lowest BCUT2D eigenvalue weighted by molar-refractivity contribution is 0.0608. The summed E-state index contributed by atoms with van der Waals surface area (Å²) in [5, 5.41) is 0. The lowest BCUT2D eigenvalue weighted by Gasteiger charge is -2.04. The molecule has 1 aromatic rings. The van der Waals surface area contributed by atoms with Crippen LogP contribution < -0.4 is 5.48 Å². The summed E-state index contributed by atoms with van der Waals surface area (Å²) >= 11 is 0. The second-order valence-electron chi connectivity index (χ2n) is 2.55. The summed E-state index contributed by atoms with van der Waals surface area (Å²) in [5.74, 6) is 1.03. The molecule has 0 saturated carbocycles. The van der Waals surface area contributed by atoms with E-state index in [1.165, 1.54) is 12.1 Å². The van der Waals surface area contributed by atoms with Crippen LogP contribution in [0.2, 0.25) is 0 Å². The fourth-order valence-electron chi connectivity index (χ4n) is 0.887. The zero-order valence-electron chi connectivity index (χ0n) is 7.39. The lowest BCUT2D eigenvalue weighted by atomic mass is 10.2. The molecule has 2 nitrogen and oxygen atoms in total. The fraction of sp³-hybridized carbons (Fsp3) is 0.200. The van der Waals surface area contributed by atoms with E-state index in [9.17, 15) is 8.78 Å². The van der Waals surface area contributed by atoms with Crippen LogP contribution in [-0.4, -0.2) is 6.61 Å². The van der Waals surface area contributed by atoms with Gasteiger partial charge in [0.2, 0.25) is 0 Å². The summed E-state index contributed by atoms with van der Waals surface area (Å²) in [7, 11) is 0. The van der Waals surface area contributed by atoms with Crippen LogP contribution in [0.5, 0.6) is 0 Å². The average Bonchev–Trinajstić information content (AvgIpc) is 2.15. The Morgan fingerprint density at radius 3 is 2.86 bits per heavy atom. The number of hydroxylamine groups is 1. The molecule has 0 radical (unpaired) electrons. The van der Waals surface area contributed by atoms with Crippen molar-refractivity contribution >= 4 is 0 Å². The number of rotatable bonds is 4.